The third-order valence-corrected chi connectivity index (χ3v) is 5.09. The summed E-state index contributed by atoms with van der Waals surface area (Å²) in [7, 11) is 0. The highest BCUT2D eigenvalue weighted by Crippen LogP contribution is 2.40. The molecular weight excluding hydrogens is 296 g/mol. The van der Waals surface area contributed by atoms with Crippen LogP contribution in [0.5, 0.6) is 0 Å². The Morgan fingerprint density at radius 3 is 2.50 bits per heavy atom. The Hall–Kier alpha value is -2.10. The summed E-state index contributed by atoms with van der Waals surface area (Å²) in [4.78, 5) is 9.52. The minimum Gasteiger partial charge on any atom is -0.351 e. The molecule has 4 nitrogen and oxygen atoms in total. The SMILES string of the molecule is Cc1ccc(C)c(Nc2cc(C3CC3)nc(NC3CCCC3)n2)c1. The summed E-state index contributed by atoms with van der Waals surface area (Å²) in [5, 5.41) is 7.06. The van der Waals surface area contributed by atoms with Gasteiger partial charge in [0, 0.05) is 23.7 Å². The van der Waals surface area contributed by atoms with Crippen LogP contribution in [0.2, 0.25) is 0 Å². The lowest BCUT2D eigenvalue weighted by Crippen LogP contribution is -2.17. The van der Waals surface area contributed by atoms with E-state index in [2.05, 4.69) is 48.7 Å². The van der Waals surface area contributed by atoms with Crippen molar-refractivity contribution in [2.24, 2.45) is 0 Å². The summed E-state index contributed by atoms with van der Waals surface area (Å²) < 4.78 is 0. The maximum absolute atomic E-state index is 4.78. The lowest BCUT2D eigenvalue weighted by molar-refractivity contribution is 0.742. The molecule has 0 radical (unpaired) electrons. The van der Waals surface area contributed by atoms with Gasteiger partial charge in [-0.1, -0.05) is 25.0 Å². The minimum atomic E-state index is 0.535. The fourth-order valence-corrected chi connectivity index (χ4v) is 3.44. The fourth-order valence-electron chi connectivity index (χ4n) is 3.44. The smallest absolute Gasteiger partial charge is 0.225 e. The van der Waals surface area contributed by atoms with Crippen LogP contribution < -0.4 is 10.6 Å². The quantitative estimate of drug-likeness (QED) is 0.807. The van der Waals surface area contributed by atoms with Gasteiger partial charge in [0.1, 0.15) is 5.82 Å². The van der Waals surface area contributed by atoms with Crippen molar-refractivity contribution in [2.45, 2.75) is 64.3 Å². The third kappa shape index (κ3) is 3.53. The van der Waals surface area contributed by atoms with E-state index >= 15 is 0 Å². The highest BCUT2D eigenvalue weighted by molar-refractivity contribution is 5.62. The zero-order valence-corrected chi connectivity index (χ0v) is 14.6. The van der Waals surface area contributed by atoms with Gasteiger partial charge in [0.15, 0.2) is 0 Å². The van der Waals surface area contributed by atoms with Gasteiger partial charge in [-0.2, -0.15) is 4.98 Å². The summed E-state index contributed by atoms with van der Waals surface area (Å²) in [6, 6.07) is 9.13. The fraction of sp³-hybridized carbons (Fsp3) is 0.500. The predicted octanol–water partition coefficient (Wildman–Crippen LogP) is 5.07. The van der Waals surface area contributed by atoms with Crippen LogP contribution in [-0.2, 0) is 0 Å². The van der Waals surface area contributed by atoms with E-state index in [0.717, 1.165) is 17.5 Å². The van der Waals surface area contributed by atoms with Gasteiger partial charge in [-0.05, 0) is 56.7 Å². The molecule has 2 N–H and O–H groups in total. The first kappa shape index (κ1) is 15.4. The van der Waals surface area contributed by atoms with Crippen LogP contribution in [0.4, 0.5) is 17.5 Å². The molecule has 0 spiro atoms. The van der Waals surface area contributed by atoms with Crippen LogP contribution in [0.1, 0.15) is 61.3 Å². The molecule has 0 amide bonds. The predicted molar refractivity (Wildman–Crippen MR) is 99.1 cm³/mol. The van der Waals surface area contributed by atoms with Gasteiger partial charge >= 0.3 is 0 Å². The Bertz CT molecular complexity index is 730. The first-order valence-electron chi connectivity index (χ1n) is 9.17. The largest absolute Gasteiger partial charge is 0.351 e. The summed E-state index contributed by atoms with van der Waals surface area (Å²) >= 11 is 0. The molecular formula is C20H26N4. The van der Waals surface area contributed by atoms with E-state index in [1.807, 2.05) is 0 Å². The zero-order chi connectivity index (χ0) is 16.5. The van der Waals surface area contributed by atoms with Crippen molar-refractivity contribution in [1.29, 1.82) is 0 Å². The van der Waals surface area contributed by atoms with Crippen molar-refractivity contribution in [1.82, 2.24) is 9.97 Å². The average molecular weight is 322 g/mol. The van der Waals surface area contributed by atoms with Crippen LogP contribution in [-0.4, -0.2) is 16.0 Å². The maximum Gasteiger partial charge on any atom is 0.225 e. The molecule has 2 aromatic rings. The first-order chi connectivity index (χ1) is 11.7. The van der Waals surface area contributed by atoms with Gasteiger partial charge in [-0.3, -0.25) is 0 Å². The van der Waals surface area contributed by atoms with Crippen LogP contribution in [0.15, 0.2) is 24.3 Å². The van der Waals surface area contributed by atoms with Gasteiger partial charge in [0.25, 0.3) is 0 Å². The topological polar surface area (TPSA) is 49.8 Å². The lowest BCUT2D eigenvalue weighted by atomic mass is 10.1. The average Bonchev–Trinajstić information content (AvgIpc) is 3.29. The van der Waals surface area contributed by atoms with Gasteiger partial charge in [-0.15, -0.1) is 0 Å². The minimum absolute atomic E-state index is 0.535. The second-order valence-corrected chi connectivity index (χ2v) is 7.35. The number of rotatable bonds is 5. The molecule has 0 aliphatic heterocycles. The number of anilines is 3. The number of hydrogen-bond acceptors (Lipinski definition) is 4. The summed E-state index contributed by atoms with van der Waals surface area (Å²) in [5.74, 6) is 2.32. The van der Waals surface area contributed by atoms with Crippen molar-refractivity contribution in [3.63, 3.8) is 0 Å². The molecule has 24 heavy (non-hydrogen) atoms. The van der Waals surface area contributed by atoms with Gasteiger partial charge in [0.2, 0.25) is 5.95 Å². The monoisotopic (exact) mass is 322 g/mol. The first-order valence-corrected chi connectivity index (χ1v) is 9.17. The maximum atomic E-state index is 4.78. The molecule has 2 aliphatic carbocycles. The molecule has 1 aromatic carbocycles. The number of nitrogens with zero attached hydrogens (tertiary/aromatic N) is 2. The van der Waals surface area contributed by atoms with Crippen LogP contribution in [0.25, 0.3) is 0 Å². The Morgan fingerprint density at radius 2 is 1.75 bits per heavy atom. The van der Waals surface area contributed by atoms with Crippen LogP contribution in [0.3, 0.4) is 0 Å². The van der Waals surface area contributed by atoms with Crippen molar-refractivity contribution in [3.05, 3.63) is 41.1 Å². The molecule has 1 heterocycles. The van der Waals surface area contributed by atoms with Crippen LogP contribution >= 0.6 is 0 Å². The molecule has 0 atom stereocenters. The van der Waals surface area contributed by atoms with Crippen molar-refractivity contribution in [3.8, 4) is 0 Å². The second kappa shape index (κ2) is 6.42. The number of aromatic nitrogens is 2. The van der Waals surface area contributed by atoms with E-state index < -0.39 is 0 Å². The van der Waals surface area contributed by atoms with Crippen molar-refractivity contribution < 1.29 is 0 Å². The van der Waals surface area contributed by atoms with E-state index in [-0.39, 0.29) is 0 Å². The van der Waals surface area contributed by atoms with E-state index in [1.54, 1.807) is 0 Å². The number of hydrogen-bond donors (Lipinski definition) is 2. The standard InChI is InChI=1S/C20H26N4/c1-13-7-8-14(2)17(11-13)22-19-12-18(15-9-10-15)23-20(24-19)21-16-5-3-4-6-16/h7-8,11-12,15-16H,3-6,9-10H2,1-2H3,(H2,21,22,23,24). The highest BCUT2D eigenvalue weighted by Gasteiger charge is 2.27. The molecule has 0 unspecified atom stereocenters. The summed E-state index contributed by atoms with van der Waals surface area (Å²) in [5.41, 5.74) is 4.79. The van der Waals surface area contributed by atoms with Gasteiger partial charge in [-0.25, -0.2) is 4.98 Å². The molecule has 4 rings (SSSR count). The number of aryl methyl sites for hydroxylation is 2. The molecule has 2 aliphatic rings. The molecule has 0 bridgehead atoms. The third-order valence-electron chi connectivity index (χ3n) is 5.09. The molecule has 2 fully saturated rings. The van der Waals surface area contributed by atoms with Crippen molar-refractivity contribution in [2.75, 3.05) is 10.6 Å². The van der Waals surface area contributed by atoms with Crippen LogP contribution in [0, 0.1) is 13.8 Å². The van der Waals surface area contributed by atoms with Gasteiger partial charge in [0.05, 0.1) is 5.69 Å². The Balaban J connectivity index is 1.61. The van der Waals surface area contributed by atoms with Crippen molar-refractivity contribution >= 4 is 17.5 Å². The van der Waals surface area contributed by atoms with Gasteiger partial charge < -0.3 is 10.6 Å². The Morgan fingerprint density at radius 1 is 0.958 bits per heavy atom. The zero-order valence-electron chi connectivity index (χ0n) is 14.6. The lowest BCUT2D eigenvalue weighted by Gasteiger charge is -2.15. The molecule has 126 valence electrons. The van der Waals surface area contributed by atoms with E-state index in [9.17, 15) is 0 Å². The number of nitrogens with one attached hydrogen (secondary N) is 2. The van der Waals surface area contributed by atoms with E-state index in [4.69, 9.17) is 9.97 Å². The molecule has 1 aromatic heterocycles. The molecule has 2 saturated carbocycles. The highest BCUT2D eigenvalue weighted by atomic mass is 15.2. The summed E-state index contributed by atoms with van der Waals surface area (Å²) in [6.07, 6.45) is 7.60. The van der Waals surface area contributed by atoms with E-state index in [0.29, 0.717) is 12.0 Å². The molecule has 4 heteroatoms. The second-order valence-electron chi connectivity index (χ2n) is 7.35. The Labute approximate surface area is 144 Å². The number of benzene rings is 1. The summed E-state index contributed by atoms with van der Waals surface area (Å²) in [6.45, 7) is 4.25. The Kier molecular flexibility index (Phi) is 4.13. The molecule has 0 saturated heterocycles. The van der Waals surface area contributed by atoms with E-state index in [1.165, 1.54) is 55.3 Å². The normalized spacial score (nSPS) is 17.9.